The average molecular weight is 1110 g/mol. The van der Waals surface area contributed by atoms with Crippen molar-refractivity contribution in [3.8, 4) is 39.9 Å². The topological polar surface area (TPSA) is 227 Å². The molecule has 1 fully saturated rings. The molecule has 5 aromatic carbocycles. The van der Waals surface area contributed by atoms with E-state index in [0.717, 1.165) is 23.3 Å². The fraction of sp³-hybridized carbons (Fsp3) is 0.288. The van der Waals surface area contributed by atoms with E-state index in [1.54, 1.807) is 116 Å². The number of sulfonamides is 2. The molecule has 0 spiro atoms. The standard InChI is InChI=1S/C52H55BrN8O11S2/c1-68-41-21-15-37(16-22-41)31-60(32-38-17-23-42(69-2)24-18-38)74(66,67)50-46(73(64,65)57-40(35-72-48-14-7-8-29-71-48)34-59(52(62)63)30-36-10-5-4-6-11-36)28-27-44(45-12-9-13-47(53)54-45)49(50)51-55-58-61(56-51)33-39-19-25-43(70-3)26-20-39/h4-6,9-13,15-28,40,48,57H,7-8,14,29-35H2,1-3H3,(H,62,63)/t40-,48?/m0/s1. The maximum atomic E-state index is 16.3. The van der Waals surface area contributed by atoms with Crippen molar-refractivity contribution in [1.82, 2.24) is 39.1 Å². The van der Waals surface area contributed by atoms with Gasteiger partial charge in [-0.1, -0.05) is 78.9 Å². The number of rotatable bonds is 23. The number of halogens is 1. The Bertz CT molecular complexity index is 3170. The van der Waals surface area contributed by atoms with Gasteiger partial charge in [-0.2, -0.15) is 9.10 Å². The monoisotopic (exact) mass is 1110 g/mol. The molecule has 8 rings (SSSR count). The van der Waals surface area contributed by atoms with Gasteiger partial charge in [0.25, 0.3) is 0 Å². The Labute approximate surface area is 438 Å². The van der Waals surface area contributed by atoms with Crippen molar-refractivity contribution < 1.29 is 50.4 Å². The van der Waals surface area contributed by atoms with Crippen LogP contribution >= 0.6 is 15.9 Å². The molecule has 22 heteroatoms. The maximum Gasteiger partial charge on any atom is 0.407 e. The molecule has 1 aliphatic heterocycles. The van der Waals surface area contributed by atoms with Gasteiger partial charge >= 0.3 is 6.09 Å². The molecule has 2 atom stereocenters. The molecule has 3 heterocycles. The summed E-state index contributed by atoms with van der Waals surface area (Å²) in [6, 6.07) is 36.1. The van der Waals surface area contributed by atoms with E-state index in [0.29, 0.717) is 51.6 Å². The van der Waals surface area contributed by atoms with Gasteiger partial charge in [0.15, 0.2) is 6.29 Å². The molecule has 0 aliphatic carbocycles. The third kappa shape index (κ3) is 13.5. The number of carboxylic acid groups (broad SMARTS) is 1. The molecule has 1 saturated heterocycles. The van der Waals surface area contributed by atoms with E-state index in [1.165, 1.54) is 35.5 Å². The van der Waals surface area contributed by atoms with Crippen LogP contribution < -0.4 is 18.9 Å². The van der Waals surface area contributed by atoms with Crippen LogP contribution in [-0.4, -0.2) is 116 Å². The molecule has 19 nitrogen and oxygen atoms in total. The molecule has 74 heavy (non-hydrogen) atoms. The van der Waals surface area contributed by atoms with Crippen LogP contribution in [0.5, 0.6) is 17.2 Å². The first kappa shape index (κ1) is 53.5. The van der Waals surface area contributed by atoms with Crippen LogP contribution in [0, 0.1) is 0 Å². The quantitative estimate of drug-likeness (QED) is 0.0579. The molecule has 2 N–H and O–H groups in total. The normalized spacial score (nSPS) is 14.4. The minimum Gasteiger partial charge on any atom is -0.497 e. The Morgan fingerprint density at radius 2 is 1.38 bits per heavy atom. The molecular weight excluding hydrogens is 1060 g/mol. The fourth-order valence-corrected chi connectivity index (χ4v) is 12.3. The zero-order valence-corrected chi connectivity index (χ0v) is 44.0. The first-order valence-electron chi connectivity index (χ1n) is 23.5. The number of hydrogen-bond acceptors (Lipinski definition) is 14. The summed E-state index contributed by atoms with van der Waals surface area (Å²) in [5.74, 6) is 1.48. The molecule has 0 bridgehead atoms. The highest BCUT2D eigenvalue weighted by Crippen LogP contribution is 2.41. The summed E-state index contributed by atoms with van der Waals surface area (Å²) < 4.78 is 96.0. The van der Waals surface area contributed by atoms with Crippen LogP contribution in [0.4, 0.5) is 4.79 Å². The van der Waals surface area contributed by atoms with Crippen molar-refractivity contribution in [2.75, 3.05) is 41.1 Å². The van der Waals surface area contributed by atoms with E-state index in [-0.39, 0.29) is 55.4 Å². The second-order valence-corrected chi connectivity index (χ2v) is 21.6. The van der Waals surface area contributed by atoms with Crippen molar-refractivity contribution in [2.24, 2.45) is 0 Å². The summed E-state index contributed by atoms with van der Waals surface area (Å²) in [5, 5.41) is 24.0. The second kappa shape index (κ2) is 24.5. The van der Waals surface area contributed by atoms with E-state index in [9.17, 15) is 9.90 Å². The first-order chi connectivity index (χ1) is 35.7. The lowest BCUT2D eigenvalue weighted by molar-refractivity contribution is -0.165. The number of tetrazole rings is 1. The highest BCUT2D eigenvalue weighted by molar-refractivity contribution is 9.10. The van der Waals surface area contributed by atoms with Gasteiger partial charge in [0.2, 0.25) is 25.9 Å². The van der Waals surface area contributed by atoms with Gasteiger partial charge in [-0.15, -0.1) is 10.2 Å². The number of benzene rings is 5. The van der Waals surface area contributed by atoms with E-state index in [1.807, 2.05) is 12.1 Å². The molecule has 0 radical (unpaired) electrons. The van der Waals surface area contributed by atoms with E-state index >= 15 is 16.8 Å². The Morgan fingerprint density at radius 3 is 1.95 bits per heavy atom. The molecule has 1 unspecified atom stereocenters. The summed E-state index contributed by atoms with van der Waals surface area (Å²) in [6.45, 7) is -0.774. The average Bonchev–Trinajstić information content (AvgIpc) is 3.89. The van der Waals surface area contributed by atoms with E-state index < -0.39 is 54.8 Å². The summed E-state index contributed by atoms with van der Waals surface area (Å²) >= 11 is 3.45. The van der Waals surface area contributed by atoms with Crippen LogP contribution in [0.2, 0.25) is 0 Å². The van der Waals surface area contributed by atoms with Crippen molar-refractivity contribution in [3.05, 3.63) is 160 Å². The second-order valence-electron chi connectivity index (χ2n) is 17.2. The van der Waals surface area contributed by atoms with Gasteiger partial charge in [0.05, 0.1) is 51.8 Å². The van der Waals surface area contributed by atoms with Crippen LogP contribution in [0.3, 0.4) is 0 Å². The van der Waals surface area contributed by atoms with Crippen LogP contribution in [0.1, 0.15) is 41.5 Å². The smallest absolute Gasteiger partial charge is 0.407 e. The first-order valence-corrected chi connectivity index (χ1v) is 27.2. The zero-order chi connectivity index (χ0) is 52.2. The third-order valence-electron chi connectivity index (χ3n) is 12.1. The minimum atomic E-state index is -5.04. The Morgan fingerprint density at radius 1 is 0.770 bits per heavy atom. The SMILES string of the molecule is COc1ccc(CN(Cc2ccc(OC)cc2)S(=O)(=O)c2c(S(=O)(=O)N[C@H](COC3CCCCO3)CN(Cc3ccccc3)C(=O)O)ccc(-c3cccc(Br)n3)c2-c2nnn(Cc3ccc(OC)cc3)n2)cc1. The predicted octanol–water partition coefficient (Wildman–Crippen LogP) is 8.00. The number of nitrogens with zero attached hydrogens (tertiary/aromatic N) is 7. The van der Waals surface area contributed by atoms with Crippen molar-refractivity contribution in [1.29, 1.82) is 0 Å². The summed E-state index contributed by atoms with van der Waals surface area (Å²) in [4.78, 5) is 18.5. The van der Waals surface area contributed by atoms with Crippen molar-refractivity contribution >= 4 is 42.1 Å². The van der Waals surface area contributed by atoms with Crippen LogP contribution in [0.15, 0.2) is 148 Å². The molecular formula is C52H55BrN8O11S2. The van der Waals surface area contributed by atoms with Gasteiger partial charge < -0.3 is 33.7 Å². The van der Waals surface area contributed by atoms with Crippen molar-refractivity contribution in [3.63, 3.8) is 0 Å². The van der Waals surface area contributed by atoms with Gasteiger partial charge in [-0.25, -0.2) is 31.3 Å². The maximum absolute atomic E-state index is 16.3. The lowest BCUT2D eigenvalue weighted by Crippen LogP contribution is -2.48. The molecule has 1 amide bonds. The van der Waals surface area contributed by atoms with Gasteiger partial charge in [-0.05, 0) is 117 Å². The fourth-order valence-electron chi connectivity index (χ4n) is 8.31. The Hall–Kier alpha value is -6.79. The van der Waals surface area contributed by atoms with Crippen LogP contribution in [0.25, 0.3) is 22.6 Å². The minimum absolute atomic E-state index is 0.0873. The number of methoxy groups -OCH3 is 3. The van der Waals surface area contributed by atoms with Gasteiger partial charge in [0.1, 0.15) is 31.6 Å². The Kier molecular flexibility index (Phi) is 17.7. The molecule has 0 saturated carbocycles. The number of aromatic nitrogens is 5. The lowest BCUT2D eigenvalue weighted by atomic mass is 10.0. The van der Waals surface area contributed by atoms with E-state index in [2.05, 4.69) is 35.9 Å². The highest BCUT2D eigenvalue weighted by Gasteiger charge is 2.39. The summed E-state index contributed by atoms with van der Waals surface area (Å²) in [6.07, 6.45) is 0.163. The number of ether oxygens (including phenoxy) is 5. The van der Waals surface area contributed by atoms with Gasteiger partial charge in [0, 0.05) is 38.3 Å². The van der Waals surface area contributed by atoms with Gasteiger partial charge in [-0.3, -0.25) is 0 Å². The molecule has 7 aromatic rings. The van der Waals surface area contributed by atoms with Crippen LogP contribution in [-0.2, 0) is 55.7 Å². The van der Waals surface area contributed by atoms with Crippen molar-refractivity contribution in [2.45, 2.75) is 67.6 Å². The molecule has 2 aromatic heterocycles. The highest BCUT2D eigenvalue weighted by atomic mass is 79.9. The summed E-state index contributed by atoms with van der Waals surface area (Å²) in [5.41, 5.74) is 2.72. The third-order valence-corrected chi connectivity index (χ3v) is 16.1. The molecule has 388 valence electrons. The number of amides is 1. The largest absolute Gasteiger partial charge is 0.497 e. The lowest BCUT2D eigenvalue weighted by Gasteiger charge is -2.30. The number of pyridine rings is 1. The predicted molar refractivity (Wildman–Crippen MR) is 277 cm³/mol. The number of hydrogen-bond donors (Lipinski definition) is 2. The molecule has 1 aliphatic rings. The number of carbonyl (C=O) groups is 1. The zero-order valence-electron chi connectivity index (χ0n) is 40.8. The number of nitrogens with one attached hydrogen (secondary N) is 1. The van der Waals surface area contributed by atoms with E-state index in [4.69, 9.17) is 28.8 Å². The Balaban J connectivity index is 1.32. The summed E-state index contributed by atoms with van der Waals surface area (Å²) in [7, 11) is -5.45.